The number of anilines is 1. The van der Waals surface area contributed by atoms with Crippen molar-refractivity contribution in [3.8, 4) is 0 Å². The molecule has 2 aromatic heterocycles. The summed E-state index contributed by atoms with van der Waals surface area (Å²) in [7, 11) is 0. The summed E-state index contributed by atoms with van der Waals surface area (Å²) in [4.78, 5) is 33.2. The number of aromatic nitrogens is 1. The fourth-order valence-corrected chi connectivity index (χ4v) is 6.16. The molecule has 5 nitrogen and oxygen atoms in total. The number of hydrogen-bond acceptors (Lipinski definition) is 5. The highest BCUT2D eigenvalue weighted by Crippen LogP contribution is 2.33. The van der Waals surface area contributed by atoms with Crippen LogP contribution in [0.4, 0.5) is 5.69 Å². The number of aryl methyl sites for hydroxylation is 1. The van der Waals surface area contributed by atoms with Crippen LogP contribution >= 0.6 is 38.6 Å². The molecule has 8 heteroatoms. The molecule has 3 heterocycles. The summed E-state index contributed by atoms with van der Waals surface area (Å²) < 4.78 is 3.22. The molecule has 1 unspecified atom stereocenters. The van der Waals surface area contributed by atoms with Crippen molar-refractivity contribution < 1.29 is 4.79 Å². The van der Waals surface area contributed by atoms with Crippen molar-refractivity contribution in [1.29, 1.82) is 0 Å². The number of para-hydroxylation sites is 1. The molecule has 1 atom stereocenters. The average molecular weight is 551 g/mol. The first-order valence-electron chi connectivity index (χ1n) is 10.6. The van der Waals surface area contributed by atoms with Gasteiger partial charge in [-0.2, -0.15) is 0 Å². The normalized spacial score (nSPS) is 15.7. The number of carbonyl (C=O) groups is 1. The molecule has 0 saturated heterocycles. The molecule has 1 aliphatic heterocycles. The standard InChI is InChI=1S/C26H20BrN3O2S2/c1-15-10-11-17(13-19(15)27)14-21-25(32)30-23(20-9-6-12-33-20)22(16(2)28-26(30)34-21)24(31)29-18-7-4-3-5-8-18/h3-14,23H,1-2H3,(H,29,31). The summed E-state index contributed by atoms with van der Waals surface area (Å²) in [6.45, 7) is 3.85. The molecule has 0 saturated carbocycles. The van der Waals surface area contributed by atoms with Crippen molar-refractivity contribution in [3.05, 3.63) is 117 Å². The van der Waals surface area contributed by atoms with Gasteiger partial charge in [-0.3, -0.25) is 14.2 Å². The van der Waals surface area contributed by atoms with Crippen LogP contribution in [0.2, 0.25) is 0 Å². The first-order valence-corrected chi connectivity index (χ1v) is 13.1. The van der Waals surface area contributed by atoms with Gasteiger partial charge in [-0.1, -0.05) is 63.7 Å². The van der Waals surface area contributed by atoms with Crippen LogP contribution in [0, 0.1) is 6.92 Å². The summed E-state index contributed by atoms with van der Waals surface area (Å²) in [5.41, 5.74) is 3.67. The maximum atomic E-state index is 13.6. The third-order valence-corrected chi connectivity index (χ3v) is 8.37. The Bertz CT molecular complexity index is 1600. The third-order valence-electron chi connectivity index (χ3n) is 5.60. The van der Waals surface area contributed by atoms with Gasteiger partial charge in [0.05, 0.1) is 15.8 Å². The van der Waals surface area contributed by atoms with Crippen molar-refractivity contribution in [1.82, 2.24) is 4.57 Å². The van der Waals surface area contributed by atoms with Gasteiger partial charge >= 0.3 is 0 Å². The van der Waals surface area contributed by atoms with Crippen molar-refractivity contribution in [3.63, 3.8) is 0 Å². The Morgan fingerprint density at radius 2 is 1.91 bits per heavy atom. The first-order chi connectivity index (χ1) is 16.4. The van der Waals surface area contributed by atoms with E-state index in [-0.39, 0.29) is 11.5 Å². The summed E-state index contributed by atoms with van der Waals surface area (Å²) in [5.74, 6) is -0.261. The van der Waals surface area contributed by atoms with Crippen LogP contribution in [0.15, 0.2) is 91.6 Å². The lowest BCUT2D eigenvalue weighted by Gasteiger charge is -2.24. The molecule has 0 radical (unpaired) electrons. The summed E-state index contributed by atoms with van der Waals surface area (Å²) in [5, 5.41) is 4.92. The third kappa shape index (κ3) is 4.24. The van der Waals surface area contributed by atoms with E-state index in [9.17, 15) is 9.59 Å². The second-order valence-corrected chi connectivity index (χ2v) is 10.8. The summed E-state index contributed by atoms with van der Waals surface area (Å²) in [6.07, 6.45) is 1.88. The molecule has 1 N–H and O–H groups in total. The van der Waals surface area contributed by atoms with E-state index < -0.39 is 6.04 Å². The number of hydrogen-bond donors (Lipinski definition) is 1. The van der Waals surface area contributed by atoms with Gasteiger partial charge in [-0.25, -0.2) is 4.99 Å². The minimum absolute atomic E-state index is 0.156. The Morgan fingerprint density at radius 1 is 1.12 bits per heavy atom. The number of nitrogens with zero attached hydrogens (tertiary/aromatic N) is 2. The van der Waals surface area contributed by atoms with Crippen molar-refractivity contribution in [2.24, 2.45) is 4.99 Å². The van der Waals surface area contributed by atoms with Crippen LogP contribution in [0.25, 0.3) is 6.08 Å². The second-order valence-electron chi connectivity index (χ2n) is 7.93. The molecule has 1 aliphatic rings. The van der Waals surface area contributed by atoms with E-state index in [0.29, 0.717) is 26.3 Å². The molecule has 4 aromatic rings. The number of thiophene rings is 1. The van der Waals surface area contributed by atoms with Crippen molar-refractivity contribution >= 4 is 56.3 Å². The Kier molecular flexibility index (Phi) is 6.20. The number of fused-ring (bicyclic) bond motifs is 1. The molecule has 2 aromatic carbocycles. The molecular formula is C26H20BrN3O2S2. The number of nitrogens with one attached hydrogen (secondary N) is 1. The lowest BCUT2D eigenvalue weighted by molar-refractivity contribution is -0.113. The van der Waals surface area contributed by atoms with Gasteiger partial charge < -0.3 is 5.32 Å². The highest BCUT2D eigenvalue weighted by Gasteiger charge is 2.33. The van der Waals surface area contributed by atoms with E-state index in [4.69, 9.17) is 0 Å². The molecule has 34 heavy (non-hydrogen) atoms. The van der Waals surface area contributed by atoms with Crippen molar-refractivity contribution in [2.75, 3.05) is 5.32 Å². The average Bonchev–Trinajstić information content (AvgIpc) is 3.45. The molecule has 170 valence electrons. The molecule has 0 spiro atoms. The molecular weight excluding hydrogens is 530 g/mol. The monoisotopic (exact) mass is 549 g/mol. The summed E-state index contributed by atoms with van der Waals surface area (Å²) in [6, 6.07) is 18.6. The highest BCUT2D eigenvalue weighted by molar-refractivity contribution is 9.10. The maximum absolute atomic E-state index is 13.6. The largest absolute Gasteiger partial charge is 0.322 e. The summed E-state index contributed by atoms with van der Waals surface area (Å²) >= 11 is 6.42. The van der Waals surface area contributed by atoms with Gasteiger partial charge in [-0.15, -0.1) is 11.3 Å². The molecule has 5 rings (SSSR count). The van der Waals surface area contributed by atoms with E-state index in [1.807, 2.05) is 86.0 Å². The quantitative estimate of drug-likeness (QED) is 0.389. The smallest absolute Gasteiger partial charge is 0.271 e. The van der Waals surface area contributed by atoms with Crippen LogP contribution in [0.3, 0.4) is 0 Å². The van der Waals surface area contributed by atoms with Gasteiger partial charge in [0, 0.05) is 15.0 Å². The van der Waals surface area contributed by atoms with E-state index in [0.717, 1.165) is 20.5 Å². The molecule has 1 amide bonds. The minimum Gasteiger partial charge on any atom is -0.322 e. The van der Waals surface area contributed by atoms with Gasteiger partial charge in [0.2, 0.25) is 0 Å². The fourth-order valence-electron chi connectivity index (χ4n) is 3.90. The van der Waals surface area contributed by atoms with Gasteiger partial charge in [0.1, 0.15) is 6.04 Å². The number of amides is 1. The molecule has 0 aliphatic carbocycles. The van der Waals surface area contributed by atoms with Crippen LogP contribution in [0.5, 0.6) is 0 Å². The second kappa shape index (κ2) is 9.29. The molecule has 0 bridgehead atoms. The van der Waals surface area contributed by atoms with E-state index in [1.165, 1.54) is 22.7 Å². The molecule has 0 fully saturated rings. The van der Waals surface area contributed by atoms with Crippen LogP contribution < -0.4 is 20.2 Å². The Balaban J connectivity index is 1.65. The maximum Gasteiger partial charge on any atom is 0.271 e. The number of carbonyl (C=O) groups excluding carboxylic acids is 1. The van der Waals surface area contributed by atoms with E-state index in [1.54, 1.807) is 4.57 Å². The lowest BCUT2D eigenvalue weighted by Crippen LogP contribution is -2.40. The lowest BCUT2D eigenvalue weighted by atomic mass is 10.0. The zero-order valence-electron chi connectivity index (χ0n) is 18.4. The Hall–Kier alpha value is -3.07. The zero-order valence-corrected chi connectivity index (χ0v) is 21.6. The fraction of sp³-hybridized carbons (Fsp3) is 0.115. The van der Waals surface area contributed by atoms with Crippen LogP contribution in [0.1, 0.15) is 29.0 Å². The van der Waals surface area contributed by atoms with Gasteiger partial charge in [0.15, 0.2) is 4.80 Å². The van der Waals surface area contributed by atoms with Crippen LogP contribution in [-0.4, -0.2) is 10.5 Å². The van der Waals surface area contributed by atoms with Gasteiger partial charge in [-0.05, 0) is 60.7 Å². The predicted octanol–water partition coefficient (Wildman–Crippen LogP) is 5.01. The Labute approximate surface area is 212 Å². The topological polar surface area (TPSA) is 63.5 Å². The highest BCUT2D eigenvalue weighted by atomic mass is 79.9. The van der Waals surface area contributed by atoms with Crippen molar-refractivity contribution in [2.45, 2.75) is 19.9 Å². The SMILES string of the molecule is CC1=C(C(=O)Nc2ccccc2)C(c2cccs2)n2c(sc(=Cc3ccc(C)c(Br)c3)c2=O)=N1. The number of halogens is 1. The van der Waals surface area contributed by atoms with E-state index >= 15 is 0 Å². The van der Waals surface area contributed by atoms with Crippen LogP contribution in [-0.2, 0) is 4.79 Å². The van der Waals surface area contributed by atoms with Gasteiger partial charge in [0.25, 0.3) is 11.5 Å². The Morgan fingerprint density at radius 3 is 2.62 bits per heavy atom. The zero-order chi connectivity index (χ0) is 23.8. The number of benzene rings is 2. The predicted molar refractivity (Wildman–Crippen MR) is 142 cm³/mol. The number of thiazole rings is 1. The number of rotatable bonds is 4. The first kappa shape index (κ1) is 22.7. The number of allylic oxidation sites excluding steroid dienone is 1. The minimum atomic E-state index is -0.535. The van der Waals surface area contributed by atoms with E-state index in [2.05, 4.69) is 26.2 Å².